The van der Waals surface area contributed by atoms with Gasteiger partial charge >= 0.3 is 0 Å². The van der Waals surface area contributed by atoms with E-state index in [4.69, 9.17) is 47.4 Å². The molecule has 336 valence electrons. The highest BCUT2D eigenvalue weighted by Crippen LogP contribution is 2.44. The number of ether oxygens (including phenoxy) is 10. The lowest BCUT2D eigenvalue weighted by Gasteiger charge is -2.53. The summed E-state index contributed by atoms with van der Waals surface area (Å²) < 4.78 is 69.2. The van der Waals surface area contributed by atoms with Gasteiger partial charge in [0.2, 0.25) is 0 Å². The van der Waals surface area contributed by atoms with Crippen LogP contribution in [0.5, 0.6) is 0 Å². The van der Waals surface area contributed by atoms with E-state index in [0.717, 1.165) is 32.7 Å². The Bertz CT molecular complexity index is 2350. The highest BCUT2D eigenvalue weighted by atomic mass is 32.2. The van der Waals surface area contributed by atoms with Crippen molar-refractivity contribution in [2.75, 3.05) is 13.2 Å². The zero-order valence-electron chi connectivity index (χ0n) is 36.2. The van der Waals surface area contributed by atoms with Crippen LogP contribution in [0.1, 0.15) is 46.0 Å². The monoisotopic (exact) mass is 894 g/mol. The average molecular weight is 895 g/mol. The number of thioether (sulfide) groups is 1. The van der Waals surface area contributed by atoms with E-state index in [0.29, 0.717) is 13.2 Å². The molecule has 65 heavy (non-hydrogen) atoms. The van der Waals surface area contributed by atoms with Crippen molar-refractivity contribution in [3.05, 3.63) is 209 Å². The predicted octanol–water partition coefficient (Wildman–Crippen LogP) is 9.91. The largest absolute Gasteiger partial charge is 0.368 e. The average Bonchev–Trinajstić information content (AvgIpc) is 3.37. The van der Waals surface area contributed by atoms with E-state index in [2.05, 4.69) is 55.5 Å². The maximum Gasteiger partial charge on any atom is 0.187 e. The molecule has 10 rings (SSSR count). The molecule has 4 aliphatic heterocycles. The van der Waals surface area contributed by atoms with Crippen molar-refractivity contribution in [1.29, 1.82) is 0 Å². The lowest BCUT2D eigenvalue weighted by molar-refractivity contribution is -0.398. The number of aryl methyl sites for hydroxylation is 1. The van der Waals surface area contributed by atoms with E-state index in [1.807, 2.05) is 127 Å². The van der Waals surface area contributed by atoms with Crippen molar-refractivity contribution >= 4 is 11.8 Å². The summed E-state index contributed by atoms with van der Waals surface area (Å²) in [5.74, 6) is 0. The van der Waals surface area contributed by atoms with Gasteiger partial charge in [-0.05, 0) is 35.7 Å². The minimum absolute atomic E-state index is 0.237. The molecule has 6 aromatic rings. The van der Waals surface area contributed by atoms with Crippen LogP contribution in [-0.2, 0) is 67.2 Å². The molecule has 11 heteroatoms. The Morgan fingerprint density at radius 3 is 1.38 bits per heavy atom. The number of hydrogen-bond acceptors (Lipinski definition) is 11. The van der Waals surface area contributed by atoms with Crippen molar-refractivity contribution in [2.24, 2.45) is 0 Å². The fourth-order valence-corrected chi connectivity index (χ4v) is 9.89. The Kier molecular flexibility index (Phi) is 14.4. The van der Waals surface area contributed by atoms with Crippen LogP contribution in [0.15, 0.2) is 181 Å². The topological polar surface area (TPSA) is 92.3 Å². The van der Waals surface area contributed by atoms with E-state index in [1.165, 1.54) is 5.56 Å². The number of benzene rings is 6. The molecule has 0 radical (unpaired) electrons. The van der Waals surface area contributed by atoms with Crippen molar-refractivity contribution in [3.63, 3.8) is 0 Å². The van der Waals surface area contributed by atoms with Crippen LogP contribution in [0.3, 0.4) is 0 Å². The Hall–Kier alpha value is -4.73. The number of hydrogen-bond donors (Lipinski definition) is 0. The zero-order valence-corrected chi connectivity index (χ0v) is 37.0. The van der Waals surface area contributed by atoms with Crippen molar-refractivity contribution < 1.29 is 47.4 Å². The van der Waals surface area contributed by atoms with Crippen LogP contribution >= 0.6 is 11.8 Å². The fourth-order valence-electron chi connectivity index (χ4n) is 8.76. The zero-order chi connectivity index (χ0) is 43.8. The van der Waals surface area contributed by atoms with Crippen LogP contribution in [0, 0.1) is 6.92 Å². The van der Waals surface area contributed by atoms with Crippen LogP contribution in [-0.4, -0.2) is 73.8 Å². The Morgan fingerprint density at radius 2 is 0.877 bits per heavy atom. The summed E-state index contributed by atoms with van der Waals surface area (Å²) >= 11 is 1.59. The maximum absolute atomic E-state index is 7.48. The highest BCUT2D eigenvalue weighted by Gasteiger charge is 2.57. The minimum Gasteiger partial charge on any atom is -0.368 e. The molecule has 0 unspecified atom stereocenters. The molecular weight excluding hydrogens is 841 g/mol. The molecule has 10 nitrogen and oxygen atoms in total. The van der Waals surface area contributed by atoms with Gasteiger partial charge in [-0.3, -0.25) is 0 Å². The maximum atomic E-state index is 7.48. The third kappa shape index (κ3) is 10.8. The molecule has 4 aliphatic rings. The highest BCUT2D eigenvalue weighted by molar-refractivity contribution is 7.99. The molecule has 4 saturated heterocycles. The first-order chi connectivity index (χ1) is 32.1. The molecule has 0 aliphatic carbocycles. The van der Waals surface area contributed by atoms with Gasteiger partial charge in [-0.2, -0.15) is 0 Å². The summed E-state index contributed by atoms with van der Waals surface area (Å²) in [6, 6.07) is 58.6. The van der Waals surface area contributed by atoms with Gasteiger partial charge in [-0.25, -0.2) is 0 Å². The SMILES string of the molecule is Cc1ccc(S[C@H]2O[C@@H]3CO[C@@H](c4ccccc4)O[C@H]3[C@H](O[C@@H]3O[C@@H]4CO[C@@H](c5ccccc5)O[C@H]4[C@H](OCc4ccccc4)[C@@H]3OCc3ccccc3)[C@@H]2OCc2ccccc2)cc1. The number of fused-ring (bicyclic) bond motifs is 2. The van der Waals surface area contributed by atoms with Gasteiger partial charge in [0, 0.05) is 16.0 Å². The molecule has 0 bridgehead atoms. The molecule has 0 aromatic heterocycles. The second-order valence-corrected chi connectivity index (χ2v) is 17.9. The third-order valence-corrected chi connectivity index (χ3v) is 13.3. The Balaban J connectivity index is 1.03. The van der Waals surface area contributed by atoms with Gasteiger partial charge < -0.3 is 47.4 Å². The van der Waals surface area contributed by atoms with Crippen molar-refractivity contribution in [3.8, 4) is 0 Å². The van der Waals surface area contributed by atoms with Gasteiger partial charge in [-0.1, -0.05) is 181 Å². The summed E-state index contributed by atoms with van der Waals surface area (Å²) in [5, 5.41) is 0. The fraction of sp³-hybridized carbons (Fsp3) is 0.333. The smallest absolute Gasteiger partial charge is 0.187 e. The lowest BCUT2D eigenvalue weighted by Crippen LogP contribution is -2.67. The molecule has 0 spiro atoms. The van der Waals surface area contributed by atoms with Gasteiger partial charge in [0.25, 0.3) is 0 Å². The normalized spacial score (nSPS) is 29.9. The summed E-state index contributed by atoms with van der Waals surface area (Å²) in [6.07, 6.45) is -7.38. The van der Waals surface area contributed by atoms with Gasteiger partial charge in [0.15, 0.2) is 18.9 Å². The summed E-state index contributed by atoms with van der Waals surface area (Å²) in [4.78, 5) is 1.03. The standard InChI is InChI=1S/C54H54O10S/c1-36-27-29-42(30-28-36)65-54-50(57-33-39-21-11-4-12-22-39)48(46-44(61-54)35-59-52(63-46)41-25-15-6-16-26-41)64-53-49(56-32-38-19-9-3-10-20-38)47(55-31-37-17-7-2-8-18-37)45-43(60-53)34-58-51(62-45)40-23-13-5-14-24-40/h2-30,43-54H,31-35H2,1H3/t43-,44-,45-,46-,47+,48+,49+,50+,51-,52-,53+,54-/m1/s1. The van der Waals surface area contributed by atoms with Crippen LogP contribution in [0.2, 0.25) is 0 Å². The van der Waals surface area contributed by atoms with Crippen molar-refractivity contribution in [2.45, 2.75) is 105 Å². The van der Waals surface area contributed by atoms with Crippen molar-refractivity contribution in [1.82, 2.24) is 0 Å². The summed E-state index contributed by atoms with van der Waals surface area (Å²) in [5.41, 5.74) is 5.47. The Labute approximate surface area is 385 Å². The molecule has 4 fully saturated rings. The van der Waals surface area contributed by atoms with Gasteiger partial charge in [0.1, 0.15) is 54.3 Å². The molecule has 0 N–H and O–H groups in total. The lowest BCUT2D eigenvalue weighted by atomic mass is 9.95. The van der Waals surface area contributed by atoms with E-state index >= 15 is 0 Å². The first-order valence-corrected chi connectivity index (χ1v) is 23.3. The van der Waals surface area contributed by atoms with Crippen LogP contribution in [0.25, 0.3) is 0 Å². The molecule has 0 amide bonds. The first kappa shape index (κ1) is 44.1. The second-order valence-electron chi connectivity index (χ2n) is 16.8. The van der Waals surface area contributed by atoms with Gasteiger partial charge in [0.05, 0.1) is 33.0 Å². The van der Waals surface area contributed by atoms with Gasteiger partial charge in [-0.15, -0.1) is 0 Å². The first-order valence-electron chi connectivity index (χ1n) is 22.4. The molecule has 12 atom stereocenters. The minimum atomic E-state index is -0.987. The quantitative estimate of drug-likeness (QED) is 0.0987. The van der Waals surface area contributed by atoms with Crippen LogP contribution < -0.4 is 0 Å². The molecule has 4 heterocycles. The second kappa shape index (κ2) is 21.3. The van der Waals surface area contributed by atoms with E-state index in [1.54, 1.807) is 11.8 Å². The third-order valence-electron chi connectivity index (χ3n) is 12.1. The molecule has 0 saturated carbocycles. The van der Waals surface area contributed by atoms with E-state index in [-0.39, 0.29) is 19.8 Å². The summed E-state index contributed by atoms with van der Waals surface area (Å²) in [6.45, 7) is 3.49. The molecular formula is C54H54O10S. The van der Waals surface area contributed by atoms with Crippen LogP contribution in [0.4, 0.5) is 0 Å². The summed E-state index contributed by atoms with van der Waals surface area (Å²) in [7, 11) is 0. The van der Waals surface area contributed by atoms with E-state index < -0.39 is 73.1 Å². The predicted molar refractivity (Wildman–Crippen MR) is 244 cm³/mol. The Morgan fingerprint density at radius 1 is 0.446 bits per heavy atom. The number of rotatable bonds is 15. The molecule has 6 aromatic carbocycles. The van der Waals surface area contributed by atoms with E-state index in [9.17, 15) is 0 Å².